The van der Waals surface area contributed by atoms with Crippen LogP contribution in [0.2, 0.25) is 0 Å². The molecule has 5 aromatic rings. The van der Waals surface area contributed by atoms with Gasteiger partial charge in [-0.25, -0.2) is 4.98 Å². The van der Waals surface area contributed by atoms with Crippen molar-refractivity contribution in [2.45, 2.75) is 18.9 Å². The maximum atomic E-state index is 13.7. The predicted octanol–water partition coefficient (Wildman–Crippen LogP) is 6.33. The molecule has 0 fully saturated rings. The van der Waals surface area contributed by atoms with Gasteiger partial charge in [-0.05, 0) is 17.7 Å². The predicted molar refractivity (Wildman–Crippen MR) is 106 cm³/mol. The van der Waals surface area contributed by atoms with Crippen LogP contribution in [0.1, 0.15) is 16.8 Å². The van der Waals surface area contributed by atoms with Gasteiger partial charge in [0.25, 0.3) is 5.89 Å². The van der Waals surface area contributed by atoms with Gasteiger partial charge < -0.3 is 8.98 Å². The summed E-state index contributed by atoms with van der Waals surface area (Å²) in [7, 11) is 0. The van der Waals surface area contributed by atoms with Gasteiger partial charge in [-0.1, -0.05) is 42.5 Å². The van der Waals surface area contributed by atoms with E-state index in [9.17, 15) is 26.3 Å². The van der Waals surface area contributed by atoms with Crippen molar-refractivity contribution in [2.24, 2.45) is 0 Å². The van der Waals surface area contributed by atoms with Crippen molar-refractivity contribution in [3.05, 3.63) is 77.8 Å². The molecule has 0 aliphatic rings. The third-order valence-electron chi connectivity index (χ3n) is 5.20. The minimum absolute atomic E-state index is 0.0392. The van der Waals surface area contributed by atoms with E-state index in [1.54, 1.807) is 36.4 Å². The number of pyridine rings is 1. The minimum atomic E-state index is -5.07. The van der Waals surface area contributed by atoms with Crippen LogP contribution in [-0.2, 0) is 18.9 Å². The molecule has 0 saturated heterocycles. The average molecular weight is 462 g/mol. The summed E-state index contributed by atoms with van der Waals surface area (Å²) >= 11 is 0. The first kappa shape index (κ1) is 21.0. The van der Waals surface area contributed by atoms with Gasteiger partial charge in [0.2, 0.25) is 6.39 Å². The minimum Gasteiger partial charge on any atom is -0.422 e. The fourth-order valence-electron chi connectivity index (χ4n) is 3.81. The first-order valence-electron chi connectivity index (χ1n) is 9.55. The number of aromatic nitrogens is 4. The molecule has 0 unspecified atom stereocenters. The molecule has 0 saturated carbocycles. The SMILES string of the molecule is FC(F)(F)c1cc(C(F)(F)F)c2ccc3cc(-c4nnco4)n(Cc4ccccc4)c3c2n1. The molecule has 5 rings (SSSR count). The highest BCUT2D eigenvalue weighted by molar-refractivity contribution is 6.06. The number of benzene rings is 2. The van der Waals surface area contributed by atoms with E-state index < -0.39 is 34.5 Å². The molecule has 5 nitrogen and oxygen atoms in total. The largest absolute Gasteiger partial charge is 0.433 e. The molecule has 168 valence electrons. The van der Waals surface area contributed by atoms with Gasteiger partial charge in [0.15, 0.2) is 0 Å². The van der Waals surface area contributed by atoms with Gasteiger partial charge in [-0.3, -0.25) is 0 Å². The fraction of sp³-hybridized carbons (Fsp3) is 0.136. The van der Waals surface area contributed by atoms with Gasteiger partial charge >= 0.3 is 12.4 Å². The van der Waals surface area contributed by atoms with Crippen LogP contribution in [0.15, 0.2) is 65.4 Å². The van der Waals surface area contributed by atoms with E-state index >= 15 is 0 Å². The van der Waals surface area contributed by atoms with Crippen LogP contribution in [-0.4, -0.2) is 19.7 Å². The number of fused-ring (bicyclic) bond motifs is 3. The summed E-state index contributed by atoms with van der Waals surface area (Å²) in [6.07, 6.45) is -9.00. The van der Waals surface area contributed by atoms with Crippen LogP contribution in [0.4, 0.5) is 26.3 Å². The van der Waals surface area contributed by atoms with E-state index in [4.69, 9.17) is 4.42 Å². The molecular formula is C22H12F6N4O. The van der Waals surface area contributed by atoms with Gasteiger partial charge in [0.05, 0.1) is 16.6 Å². The molecule has 0 atom stereocenters. The molecule has 0 N–H and O–H groups in total. The number of halogens is 6. The van der Waals surface area contributed by atoms with E-state index in [1.165, 1.54) is 10.6 Å². The summed E-state index contributed by atoms with van der Waals surface area (Å²) in [6.45, 7) is 0.125. The van der Waals surface area contributed by atoms with Gasteiger partial charge in [0.1, 0.15) is 11.4 Å². The lowest BCUT2D eigenvalue weighted by Crippen LogP contribution is -2.14. The van der Waals surface area contributed by atoms with Gasteiger partial charge in [0, 0.05) is 17.3 Å². The van der Waals surface area contributed by atoms with Crippen LogP contribution in [0.3, 0.4) is 0 Å². The average Bonchev–Trinajstić information content (AvgIpc) is 3.40. The summed E-state index contributed by atoms with van der Waals surface area (Å²) in [6, 6.07) is 13.0. The zero-order valence-electron chi connectivity index (χ0n) is 16.4. The Kier molecular flexibility index (Phi) is 4.66. The molecule has 0 aliphatic carbocycles. The van der Waals surface area contributed by atoms with E-state index in [2.05, 4.69) is 15.2 Å². The number of nitrogens with zero attached hydrogens (tertiary/aromatic N) is 4. The highest BCUT2D eigenvalue weighted by Gasteiger charge is 2.39. The van der Waals surface area contributed by atoms with Crippen molar-refractivity contribution in [3.8, 4) is 11.6 Å². The molecule has 0 bridgehead atoms. The molecule has 11 heteroatoms. The number of rotatable bonds is 3. The highest BCUT2D eigenvalue weighted by atomic mass is 19.4. The van der Waals surface area contributed by atoms with Crippen LogP contribution in [0, 0.1) is 0 Å². The molecule has 2 aromatic carbocycles. The first-order chi connectivity index (χ1) is 15.6. The molecule has 0 radical (unpaired) electrons. The Bertz CT molecular complexity index is 1450. The Morgan fingerprint density at radius 2 is 1.64 bits per heavy atom. The van der Waals surface area contributed by atoms with Crippen molar-refractivity contribution in [2.75, 3.05) is 0 Å². The van der Waals surface area contributed by atoms with Crippen LogP contribution in [0.25, 0.3) is 33.4 Å². The third-order valence-corrected chi connectivity index (χ3v) is 5.20. The zero-order chi connectivity index (χ0) is 23.4. The molecule has 0 amide bonds. The van der Waals surface area contributed by atoms with Crippen molar-refractivity contribution < 1.29 is 30.8 Å². The van der Waals surface area contributed by atoms with Crippen LogP contribution >= 0.6 is 0 Å². The molecule has 0 spiro atoms. The van der Waals surface area contributed by atoms with Crippen LogP contribution in [0.5, 0.6) is 0 Å². The van der Waals surface area contributed by atoms with Crippen molar-refractivity contribution in [3.63, 3.8) is 0 Å². The molecular weight excluding hydrogens is 450 g/mol. The first-order valence-corrected chi connectivity index (χ1v) is 9.55. The second-order valence-corrected chi connectivity index (χ2v) is 7.30. The topological polar surface area (TPSA) is 56.7 Å². The second-order valence-electron chi connectivity index (χ2n) is 7.30. The molecule has 33 heavy (non-hydrogen) atoms. The van der Waals surface area contributed by atoms with Crippen molar-refractivity contribution in [1.29, 1.82) is 0 Å². The highest BCUT2D eigenvalue weighted by Crippen LogP contribution is 2.41. The quantitative estimate of drug-likeness (QED) is 0.294. The molecule has 3 heterocycles. The summed E-state index contributed by atoms with van der Waals surface area (Å²) in [5.41, 5.74) is -2.25. The summed E-state index contributed by atoms with van der Waals surface area (Å²) in [4.78, 5) is 3.63. The van der Waals surface area contributed by atoms with Gasteiger partial charge in [-0.15, -0.1) is 10.2 Å². The Morgan fingerprint density at radius 1 is 0.879 bits per heavy atom. The summed E-state index contributed by atoms with van der Waals surface area (Å²) < 4.78 is 88.5. The normalized spacial score (nSPS) is 12.7. The Balaban J connectivity index is 1.90. The molecule has 0 aliphatic heterocycles. The Morgan fingerprint density at radius 3 is 2.27 bits per heavy atom. The van der Waals surface area contributed by atoms with Gasteiger partial charge in [-0.2, -0.15) is 26.3 Å². The van der Waals surface area contributed by atoms with E-state index in [1.807, 2.05) is 0 Å². The zero-order valence-corrected chi connectivity index (χ0v) is 16.4. The third kappa shape index (κ3) is 3.69. The van der Waals surface area contributed by atoms with Crippen molar-refractivity contribution in [1.82, 2.24) is 19.7 Å². The Hall–Kier alpha value is -3.89. The molecule has 3 aromatic heterocycles. The lowest BCUT2D eigenvalue weighted by Gasteiger charge is -2.16. The van der Waals surface area contributed by atoms with E-state index in [0.29, 0.717) is 11.1 Å². The maximum absolute atomic E-state index is 13.7. The second kappa shape index (κ2) is 7.32. The van der Waals surface area contributed by atoms with E-state index in [-0.39, 0.29) is 24.0 Å². The standard InChI is InChI=1S/C22H12F6N4O/c23-21(24,25)15-9-17(22(26,27)28)30-18-14(15)7-6-13-8-16(20-31-29-11-33-20)32(19(13)18)10-12-4-2-1-3-5-12/h1-9,11H,10H2. The summed E-state index contributed by atoms with van der Waals surface area (Å²) in [5.74, 6) is 0.0679. The Labute approximate surface area is 181 Å². The van der Waals surface area contributed by atoms with E-state index in [0.717, 1.165) is 18.0 Å². The number of alkyl halides is 6. The fourth-order valence-corrected chi connectivity index (χ4v) is 3.81. The lowest BCUT2D eigenvalue weighted by atomic mass is 10.0. The van der Waals surface area contributed by atoms with Crippen LogP contribution < -0.4 is 0 Å². The number of hydrogen-bond acceptors (Lipinski definition) is 4. The smallest absolute Gasteiger partial charge is 0.422 e. The maximum Gasteiger partial charge on any atom is 0.433 e. The summed E-state index contributed by atoms with van der Waals surface area (Å²) in [5, 5.41) is 7.43. The lowest BCUT2D eigenvalue weighted by molar-refractivity contribution is -0.144. The van der Waals surface area contributed by atoms with Crippen molar-refractivity contribution >= 4 is 21.8 Å². The number of hydrogen-bond donors (Lipinski definition) is 0. The monoisotopic (exact) mass is 462 g/mol.